The molecule has 76 valence electrons. The summed E-state index contributed by atoms with van der Waals surface area (Å²) in [7, 11) is 0. The van der Waals surface area contributed by atoms with Crippen molar-refractivity contribution in [3.05, 3.63) is 35.1 Å². The van der Waals surface area contributed by atoms with E-state index in [1.165, 1.54) is 0 Å². The normalized spacial score (nSPS) is 10.2. The highest BCUT2D eigenvalue weighted by atomic mass is 35.5. The van der Waals surface area contributed by atoms with Gasteiger partial charge in [0.1, 0.15) is 0 Å². The van der Waals surface area contributed by atoms with Crippen LogP contribution in [0.25, 0.3) is 11.4 Å². The molecule has 1 amide bonds. The van der Waals surface area contributed by atoms with Crippen molar-refractivity contribution in [3.8, 4) is 11.4 Å². The molecule has 3 N–H and O–H groups in total. The first-order chi connectivity index (χ1) is 7.16. The summed E-state index contributed by atoms with van der Waals surface area (Å²) in [5, 5.41) is 6.88. The number of nitrogens with zero attached hydrogens (tertiary/aromatic N) is 2. The van der Waals surface area contributed by atoms with Crippen LogP contribution in [0.1, 0.15) is 10.6 Å². The van der Waals surface area contributed by atoms with E-state index in [2.05, 4.69) is 15.2 Å². The van der Waals surface area contributed by atoms with Gasteiger partial charge in [0.2, 0.25) is 5.82 Å². The number of halogens is 1. The molecule has 0 unspecified atom stereocenters. The molecule has 0 fully saturated rings. The molecule has 1 heterocycles. The first kappa shape index (κ1) is 9.67. The number of nitrogens with one attached hydrogen (secondary N) is 1. The van der Waals surface area contributed by atoms with E-state index in [1.54, 1.807) is 24.3 Å². The number of nitrogens with two attached hydrogens (primary N) is 1. The van der Waals surface area contributed by atoms with E-state index >= 15 is 0 Å². The van der Waals surface area contributed by atoms with Crippen LogP contribution in [0, 0.1) is 0 Å². The summed E-state index contributed by atoms with van der Waals surface area (Å²) in [6.07, 6.45) is 0. The van der Waals surface area contributed by atoms with Gasteiger partial charge in [-0.05, 0) is 12.1 Å². The highest BCUT2D eigenvalue weighted by molar-refractivity contribution is 6.30. The summed E-state index contributed by atoms with van der Waals surface area (Å²) in [4.78, 5) is 14.7. The Bertz CT molecular complexity index is 508. The topological polar surface area (TPSA) is 84.7 Å². The molecule has 15 heavy (non-hydrogen) atoms. The number of carbonyl (C=O) groups excluding carboxylic acids is 1. The smallest absolute Gasteiger partial charge is 0.286 e. The molecule has 2 aromatic rings. The van der Waals surface area contributed by atoms with Gasteiger partial charge < -0.3 is 5.73 Å². The molecule has 6 heteroatoms. The average Bonchev–Trinajstić information content (AvgIpc) is 2.66. The van der Waals surface area contributed by atoms with E-state index in [0.29, 0.717) is 10.8 Å². The maximum atomic E-state index is 10.8. The van der Waals surface area contributed by atoms with Crippen molar-refractivity contribution in [1.82, 2.24) is 15.2 Å². The number of aromatic nitrogens is 3. The minimum absolute atomic E-state index is 0.0324. The Morgan fingerprint density at radius 1 is 1.47 bits per heavy atom. The largest absolute Gasteiger partial charge is 0.363 e. The molecule has 0 aliphatic heterocycles. The van der Waals surface area contributed by atoms with Gasteiger partial charge in [-0.3, -0.25) is 9.89 Å². The van der Waals surface area contributed by atoms with Gasteiger partial charge in [0.25, 0.3) is 5.91 Å². The number of primary amides is 1. The first-order valence-corrected chi connectivity index (χ1v) is 4.53. The molecule has 0 spiro atoms. The molecule has 1 aromatic heterocycles. The molecule has 0 radical (unpaired) electrons. The Hall–Kier alpha value is -1.88. The summed E-state index contributed by atoms with van der Waals surface area (Å²) in [5.41, 5.74) is 5.76. The van der Waals surface area contributed by atoms with Gasteiger partial charge in [-0.1, -0.05) is 23.7 Å². The number of amides is 1. The average molecular weight is 223 g/mol. The predicted octanol–water partition coefficient (Wildman–Crippen LogP) is 1.22. The zero-order chi connectivity index (χ0) is 10.8. The van der Waals surface area contributed by atoms with Gasteiger partial charge in [-0.2, -0.15) is 5.10 Å². The summed E-state index contributed by atoms with van der Waals surface area (Å²) in [6, 6.07) is 7.01. The highest BCUT2D eigenvalue weighted by Crippen LogP contribution is 2.18. The minimum Gasteiger partial charge on any atom is -0.363 e. The lowest BCUT2D eigenvalue weighted by atomic mass is 10.2. The lowest BCUT2D eigenvalue weighted by molar-refractivity contribution is 0.0991. The number of aromatic amines is 1. The molecule has 0 saturated heterocycles. The van der Waals surface area contributed by atoms with E-state index in [1.807, 2.05) is 0 Å². The molecule has 2 rings (SSSR count). The van der Waals surface area contributed by atoms with Crippen LogP contribution in [0.3, 0.4) is 0 Å². The minimum atomic E-state index is -0.643. The lowest BCUT2D eigenvalue weighted by Crippen LogP contribution is -2.12. The van der Waals surface area contributed by atoms with Crippen LogP contribution in [-0.2, 0) is 0 Å². The third-order valence-corrected chi connectivity index (χ3v) is 2.04. The quantitative estimate of drug-likeness (QED) is 0.801. The molecule has 0 saturated carbocycles. The standard InChI is InChI=1S/C9H7ClN4O/c10-6-3-1-2-5(4-6)8-12-9(7(11)15)14-13-8/h1-4H,(H2,11,15)(H,12,13,14). The van der Waals surface area contributed by atoms with E-state index in [4.69, 9.17) is 17.3 Å². The number of benzene rings is 1. The van der Waals surface area contributed by atoms with Crippen molar-refractivity contribution in [1.29, 1.82) is 0 Å². The monoisotopic (exact) mass is 222 g/mol. The van der Waals surface area contributed by atoms with Crippen LogP contribution in [0.5, 0.6) is 0 Å². The number of carbonyl (C=O) groups is 1. The third kappa shape index (κ3) is 1.97. The van der Waals surface area contributed by atoms with E-state index in [0.717, 1.165) is 5.56 Å². The fourth-order valence-electron chi connectivity index (χ4n) is 1.13. The van der Waals surface area contributed by atoms with Crippen LogP contribution in [0.4, 0.5) is 0 Å². The summed E-state index contributed by atoms with van der Waals surface area (Å²) >= 11 is 5.81. The molecule has 5 nitrogen and oxygen atoms in total. The number of hydrogen-bond acceptors (Lipinski definition) is 3. The molecule has 0 aliphatic carbocycles. The second-order valence-electron chi connectivity index (χ2n) is 2.88. The van der Waals surface area contributed by atoms with Gasteiger partial charge >= 0.3 is 0 Å². The van der Waals surface area contributed by atoms with E-state index in [9.17, 15) is 4.79 Å². The van der Waals surface area contributed by atoms with E-state index < -0.39 is 5.91 Å². The third-order valence-electron chi connectivity index (χ3n) is 1.80. The zero-order valence-corrected chi connectivity index (χ0v) is 8.32. The number of hydrogen-bond donors (Lipinski definition) is 2. The molecule has 0 atom stereocenters. The maximum absolute atomic E-state index is 10.8. The SMILES string of the molecule is NC(=O)c1nc(-c2cccc(Cl)c2)n[nH]1. The van der Waals surface area contributed by atoms with Crippen LogP contribution in [0.15, 0.2) is 24.3 Å². The van der Waals surface area contributed by atoms with Crippen molar-refractivity contribution < 1.29 is 4.79 Å². The van der Waals surface area contributed by atoms with Crippen molar-refractivity contribution in [2.24, 2.45) is 5.73 Å². The molecular weight excluding hydrogens is 216 g/mol. The van der Waals surface area contributed by atoms with E-state index in [-0.39, 0.29) is 5.82 Å². The van der Waals surface area contributed by atoms with Crippen LogP contribution in [-0.4, -0.2) is 21.1 Å². The zero-order valence-electron chi connectivity index (χ0n) is 7.57. The maximum Gasteiger partial charge on any atom is 0.286 e. The second-order valence-corrected chi connectivity index (χ2v) is 3.32. The number of H-pyrrole nitrogens is 1. The second kappa shape index (κ2) is 3.70. The van der Waals surface area contributed by atoms with Gasteiger partial charge in [0, 0.05) is 10.6 Å². The van der Waals surface area contributed by atoms with Gasteiger partial charge in [0.05, 0.1) is 0 Å². The Balaban J connectivity index is 2.41. The van der Waals surface area contributed by atoms with Crippen LogP contribution < -0.4 is 5.73 Å². The van der Waals surface area contributed by atoms with Crippen molar-refractivity contribution in [3.63, 3.8) is 0 Å². The Kier molecular flexibility index (Phi) is 2.39. The summed E-state index contributed by atoms with van der Waals surface area (Å²) in [6.45, 7) is 0. The Morgan fingerprint density at radius 3 is 2.87 bits per heavy atom. The molecule has 1 aromatic carbocycles. The van der Waals surface area contributed by atoms with Gasteiger partial charge in [-0.15, -0.1) is 0 Å². The fraction of sp³-hybridized carbons (Fsp3) is 0. The highest BCUT2D eigenvalue weighted by Gasteiger charge is 2.09. The molecular formula is C9H7ClN4O. The summed E-state index contributed by atoms with van der Waals surface area (Å²) in [5.74, 6) is -0.216. The van der Waals surface area contributed by atoms with Crippen LogP contribution >= 0.6 is 11.6 Å². The molecule has 0 bridgehead atoms. The first-order valence-electron chi connectivity index (χ1n) is 4.15. The van der Waals surface area contributed by atoms with Crippen LogP contribution in [0.2, 0.25) is 5.02 Å². The number of rotatable bonds is 2. The van der Waals surface area contributed by atoms with Crippen molar-refractivity contribution in [2.75, 3.05) is 0 Å². The van der Waals surface area contributed by atoms with Crippen molar-refractivity contribution in [2.45, 2.75) is 0 Å². The summed E-state index contributed by atoms with van der Waals surface area (Å²) < 4.78 is 0. The Labute approximate surface area is 90.3 Å². The van der Waals surface area contributed by atoms with Gasteiger partial charge in [0.15, 0.2) is 5.82 Å². The van der Waals surface area contributed by atoms with Gasteiger partial charge in [-0.25, -0.2) is 4.98 Å². The molecule has 0 aliphatic rings. The fourth-order valence-corrected chi connectivity index (χ4v) is 1.32. The van der Waals surface area contributed by atoms with Crippen molar-refractivity contribution >= 4 is 17.5 Å². The predicted molar refractivity (Wildman–Crippen MR) is 55.3 cm³/mol. The lowest BCUT2D eigenvalue weighted by Gasteiger charge is -1.94. The Morgan fingerprint density at radius 2 is 2.27 bits per heavy atom.